The molecule has 0 spiro atoms. The SMILES string of the molecule is C/C=C/CCCCCCCCCCCCCCC[N+](CC(CC)C(=O)[O-])(CC(CC)C(=O)O)CC(CC)C(=O)O. The molecule has 0 bridgehead atoms. The monoisotopic (exact) mass is 567 g/mol. The zero-order chi connectivity index (χ0) is 30.2. The van der Waals surface area contributed by atoms with Crippen molar-refractivity contribution in [2.24, 2.45) is 17.8 Å². The van der Waals surface area contributed by atoms with E-state index in [9.17, 15) is 29.7 Å². The van der Waals surface area contributed by atoms with Crippen LogP contribution in [-0.4, -0.2) is 58.8 Å². The molecule has 0 heterocycles. The van der Waals surface area contributed by atoms with E-state index >= 15 is 0 Å². The number of quaternary nitrogens is 1. The van der Waals surface area contributed by atoms with E-state index in [0.717, 1.165) is 19.3 Å². The second-order valence-electron chi connectivity index (χ2n) is 11.9. The van der Waals surface area contributed by atoms with Crippen molar-refractivity contribution in [3.63, 3.8) is 0 Å². The predicted octanol–water partition coefficient (Wildman–Crippen LogP) is 6.84. The molecule has 2 N–H and O–H groups in total. The molecule has 0 saturated carbocycles. The zero-order valence-electron chi connectivity index (χ0n) is 26.2. The van der Waals surface area contributed by atoms with Gasteiger partial charge in [0.25, 0.3) is 0 Å². The Balaban J connectivity index is 4.82. The molecule has 3 atom stereocenters. The second-order valence-corrected chi connectivity index (χ2v) is 11.9. The third kappa shape index (κ3) is 17.7. The number of nitrogens with zero attached hydrogens (tertiary/aromatic N) is 1. The van der Waals surface area contributed by atoms with E-state index in [2.05, 4.69) is 19.1 Å². The van der Waals surface area contributed by atoms with Crippen LogP contribution in [0.5, 0.6) is 0 Å². The summed E-state index contributed by atoms with van der Waals surface area (Å²) in [7, 11) is 0. The summed E-state index contributed by atoms with van der Waals surface area (Å²) >= 11 is 0. The minimum atomic E-state index is -1.14. The van der Waals surface area contributed by atoms with Crippen LogP contribution in [0.15, 0.2) is 12.2 Å². The molecule has 0 radical (unpaired) electrons. The first-order valence-corrected chi connectivity index (χ1v) is 16.3. The van der Waals surface area contributed by atoms with E-state index < -0.39 is 35.7 Å². The Hall–Kier alpha value is -1.89. The van der Waals surface area contributed by atoms with E-state index in [4.69, 9.17) is 0 Å². The van der Waals surface area contributed by atoms with Crippen molar-refractivity contribution in [1.29, 1.82) is 0 Å². The third-order valence-corrected chi connectivity index (χ3v) is 8.57. The molecule has 0 aliphatic heterocycles. The molecular weight excluding hydrogens is 506 g/mol. The molecule has 0 aliphatic carbocycles. The molecule has 7 heteroatoms. The Morgan fingerprint density at radius 2 is 0.975 bits per heavy atom. The average Bonchev–Trinajstić information content (AvgIpc) is 2.92. The average molecular weight is 568 g/mol. The van der Waals surface area contributed by atoms with Crippen molar-refractivity contribution in [3.05, 3.63) is 12.2 Å². The number of carbonyl (C=O) groups is 3. The zero-order valence-corrected chi connectivity index (χ0v) is 26.2. The number of carboxylic acids is 3. The van der Waals surface area contributed by atoms with Crippen LogP contribution in [0, 0.1) is 17.8 Å². The van der Waals surface area contributed by atoms with Gasteiger partial charge in [-0.25, -0.2) is 0 Å². The topological polar surface area (TPSA) is 115 Å². The van der Waals surface area contributed by atoms with E-state index in [1.807, 2.05) is 13.8 Å². The van der Waals surface area contributed by atoms with Crippen LogP contribution < -0.4 is 5.11 Å². The predicted molar refractivity (Wildman–Crippen MR) is 161 cm³/mol. The smallest absolute Gasteiger partial charge is 0.312 e. The summed E-state index contributed by atoms with van der Waals surface area (Å²) in [5.74, 6) is -4.94. The van der Waals surface area contributed by atoms with Gasteiger partial charge in [-0.2, -0.15) is 0 Å². The van der Waals surface area contributed by atoms with Crippen LogP contribution in [0.4, 0.5) is 0 Å². The van der Waals surface area contributed by atoms with Crippen molar-refractivity contribution < 1.29 is 34.2 Å². The van der Waals surface area contributed by atoms with Crippen LogP contribution in [0.25, 0.3) is 0 Å². The fraction of sp³-hybridized carbons (Fsp3) is 0.848. The standard InChI is InChI=1S/C33H61NO6/c1-5-9-10-11-12-13-14-15-16-17-18-19-20-21-22-23-24-34(25-28(6-2)31(35)36,26-29(7-3)32(37)38)27-30(8-4)33(39)40/h5,9,28-30H,6-8,10-27H2,1-4H3,(H2-,35,36,37,38,39,40)/b9-5+. The van der Waals surface area contributed by atoms with Crippen LogP contribution in [0.1, 0.15) is 137 Å². The number of hydrogen-bond donors (Lipinski definition) is 2. The van der Waals surface area contributed by atoms with Gasteiger partial charge in [0.2, 0.25) is 0 Å². The highest BCUT2D eigenvalue weighted by atomic mass is 16.4. The third-order valence-electron chi connectivity index (χ3n) is 8.57. The van der Waals surface area contributed by atoms with Gasteiger partial charge in [-0.3, -0.25) is 9.59 Å². The number of aliphatic carboxylic acids is 3. The molecule has 234 valence electrons. The summed E-state index contributed by atoms with van der Waals surface area (Å²) in [6.07, 6.45) is 22.7. The lowest BCUT2D eigenvalue weighted by atomic mass is 9.95. The van der Waals surface area contributed by atoms with Crippen molar-refractivity contribution in [1.82, 2.24) is 0 Å². The van der Waals surface area contributed by atoms with Gasteiger partial charge in [0.05, 0.1) is 32.1 Å². The van der Waals surface area contributed by atoms with Crippen molar-refractivity contribution in [2.45, 2.75) is 137 Å². The highest BCUT2D eigenvalue weighted by Gasteiger charge is 2.39. The molecular formula is C33H61NO6. The van der Waals surface area contributed by atoms with Crippen molar-refractivity contribution in [3.8, 4) is 0 Å². The minimum absolute atomic E-state index is 0.220. The van der Waals surface area contributed by atoms with Crippen LogP contribution >= 0.6 is 0 Å². The Bertz CT molecular complexity index is 647. The summed E-state index contributed by atoms with van der Waals surface area (Å²) in [5.41, 5.74) is 0. The van der Waals surface area contributed by atoms with Gasteiger partial charge in [0.1, 0.15) is 11.8 Å². The summed E-state index contributed by atoms with van der Waals surface area (Å²) in [5, 5.41) is 31.4. The maximum absolute atomic E-state index is 12.0. The van der Waals surface area contributed by atoms with Crippen LogP contribution in [0.3, 0.4) is 0 Å². The van der Waals surface area contributed by atoms with Gasteiger partial charge in [-0.1, -0.05) is 97.1 Å². The van der Waals surface area contributed by atoms with Crippen molar-refractivity contribution in [2.75, 3.05) is 26.2 Å². The Morgan fingerprint density at radius 3 is 1.30 bits per heavy atom. The van der Waals surface area contributed by atoms with Gasteiger partial charge in [-0.15, -0.1) is 0 Å². The largest absolute Gasteiger partial charge is 0.550 e. The van der Waals surface area contributed by atoms with Crippen LogP contribution in [0.2, 0.25) is 0 Å². The van der Waals surface area contributed by atoms with Crippen molar-refractivity contribution >= 4 is 17.9 Å². The maximum atomic E-state index is 12.0. The molecule has 0 aromatic heterocycles. The Morgan fingerprint density at radius 1 is 0.625 bits per heavy atom. The van der Waals surface area contributed by atoms with Crippen LogP contribution in [-0.2, 0) is 14.4 Å². The minimum Gasteiger partial charge on any atom is -0.550 e. The summed E-state index contributed by atoms with van der Waals surface area (Å²) in [6.45, 7) is 8.87. The molecule has 0 aromatic carbocycles. The molecule has 0 aromatic rings. The molecule has 40 heavy (non-hydrogen) atoms. The summed E-state index contributed by atoms with van der Waals surface area (Å²) < 4.78 is 0.220. The van der Waals surface area contributed by atoms with E-state index in [1.54, 1.807) is 6.92 Å². The molecule has 0 amide bonds. The number of allylic oxidation sites excluding steroid dienone is 2. The summed E-state index contributed by atoms with van der Waals surface area (Å²) in [6, 6.07) is 0. The van der Waals surface area contributed by atoms with Gasteiger partial charge < -0.3 is 24.6 Å². The molecule has 0 rings (SSSR count). The van der Waals surface area contributed by atoms with Gasteiger partial charge in [0, 0.05) is 5.92 Å². The summed E-state index contributed by atoms with van der Waals surface area (Å²) in [4.78, 5) is 35.8. The number of unbranched alkanes of at least 4 members (excludes halogenated alkanes) is 13. The quantitative estimate of drug-likeness (QED) is 0.0608. The lowest BCUT2D eigenvalue weighted by Crippen LogP contribution is -2.59. The highest BCUT2D eigenvalue weighted by Crippen LogP contribution is 2.25. The number of carboxylic acid groups (broad SMARTS) is 3. The molecule has 7 nitrogen and oxygen atoms in total. The molecule has 0 saturated heterocycles. The Labute approximate surface area is 245 Å². The fourth-order valence-electron chi connectivity index (χ4n) is 5.85. The first-order valence-electron chi connectivity index (χ1n) is 16.3. The molecule has 3 unspecified atom stereocenters. The maximum Gasteiger partial charge on any atom is 0.312 e. The normalized spacial score (nSPS) is 15.5. The fourth-order valence-corrected chi connectivity index (χ4v) is 5.85. The van der Waals surface area contributed by atoms with Gasteiger partial charge >= 0.3 is 11.9 Å². The lowest BCUT2D eigenvalue weighted by molar-refractivity contribution is -0.935. The lowest BCUT2D eigenvalue weighted by Gasteiger charge is -2.44. The number of hydrogen-bond acceptors (Lipinski definition) is 4. The van der Waals surface area contributed by atoms with E-state index in [0.29, 0.717) is 25.8 Å². The number of carbonyl (C=O) groups excluding carboxylic acids is 1. The number of rotatable bonds is 28. The van der Waals surface area contributed by atoms with Gasteiger partial charge in [-0.05, 0) is 51.9 Å². The second kappa shape index (κ2) is 23.8. The van der Waals surface area contributed by atoms with E-state index in [-0.39, 0.29) is 24.1 Å². The molecule has 0 aliphatic rings. The first-order chi connectivity index (χ1) is 19.2. The molecule has 0 fully saturated rings. The van der Waals surface area contributed by atoms with E-state index in [1.165, 1.54) is 70.6 Å². The first kappa shape index (κ1) is 38.1. The van der Waals surface area contributed by atoms with Gasteiger partial charge in [0.15, 0.2) is 0 Å². The highest BCUT2D eigenvalue weighted by molar-refractivity contribution is 5.70. The Kier molecular flexibility index (Phi) is 22.7.